The maximum absolute atomic E-state index is 10.6. The summed E-state index contributed by atoms with van der Waals surface area (Å²) in [5.74, 6) is 0. The smallest absolute Gasteiger partial charge is 0.137 e. The second-order valence-corrected chi connectivity index (χ2v) is 4.94. The zero-order valence-electron chi connectivity index (χ0n) is 9.55. The van der Waals surface area contributed by atoms with E-state index in [1.165, 1.54) is 0 Å². The molecule has 2 aromatic heterocycles. The normalized spacial score (nSPS) is 14.9. The molecule has 16 heavy (non-hydrogen) atoms. The van der Waals surface area contributed by atoms with Crippen molar-refractivity contribution < 1.29 is 5.11 Å². The fraction of sp³-hybridized carbons (Fsp3) is 0.417. The summed E-state index contributed by atoms with van der Waals surface area (Å²) in [4.78, 5) is 0.949. The topological polar surface area (TPSA) is 38.0 Å². The number of hydrogen-bond donors (Lipinski definition) is 1. The van der Waals surface area contributed by atoms with E-state index < -0.39 is 5.60 Å². The summed E-state index contributed by atoms with van der Waals surface area (Å²) in [5.41, 5.74) is -0.0865. The molecule has 2 rings (SSSR count). The summed E-state index contributed by atoms with van der Waals surface area (Å²) >= 11 is 1.56. The summed E-state index contributed by atoms with van der Waals surface area (Å²) in [6.07, 6.45) is 2.75. The Morgan fingerprint density at radius 1 is 1.50 bits per heavy atom. The summed E-state index contributed by atoms with van der Waals surface area (Å²) in [7, 11) is 0. The summed E-state index contributed by atoms with van der Waals surface area (Å²) < 4.78 is 1.87. The Bertz CT molecular complexity index is 445. The van der Waals surface area contributed by atoms with Crippen molar-refractivity contribution in [2.45, 2.75) is 32.4 Å². The highest BCUT2D eigenvalue weighted by atomic mass is 32.1. The molecule has 2 aromatic rings. The molecular formula is C12H16N2OS. The first kappa shape index (κ1) is 11.4. The number of aliphatic hydroxyl groups is 1. The minimum atomic E-state index is -0.945. The van der Waals surface area contributed by atoms with Gasteiger partial charge >= 0.3 is 0 Å². The van der Waals surface area contributed by atoms with Crippen LogP contribution >= 0.6 is 11.3 Å². The maximum Gasteiger partial charge on any atom is 0.137 e. The van der Waals surface area contributed by atoms with E-state index in [2.05, 4.69) is 12.0 Å². The van der Waals surface area contributed by atoms with Gasteiger partial charge < -0.3 is 5.11 Å². The Balaban J connectivity index is 2.39. The summed E-state index contributed by atoms with van der Waals surface area (Å²) in [5, 5.41) is 16.8. The van der Waals surface area contributed by atoms with E-state index in [4.69, 9.17) is 0 Å². The molecule has 4 heteroatoms. The van der Waals surface area contributed by atoms with E-state index in [0.717, 1.165) is 23.5 Å². The Hall–Kier alpha value is -1.13. The number of hydrogen-bond acceptors (Lipinski definition) is 3. The van der Waals surface area contributed by atoms with Gasteiger partial charge in [-0.1, -0.05) is 13.0 Å². The van der Waals surface area contributed by atoms with E-state index in [1.54, 1.807) is 17.5 Å². The third-order valence-corrected chi connectivity index (χ3v) is 3.73. The monoisotopic (exact) mass is 236 g/mol. The highest BCUT2D eigenvalue weighted by molar-refractivity contribution is 7.10. The van der Waals surface area contributed by atoms with E-state index >= 15 is 0 Å². The van der Waals surface area contributed by atoms with Crippen molar-refractivity contribution in [3.05, 3.63) is 40.3 Å². The molecule has 0 aliphatic heterocycles. The molecule has 2 heterocycles. The predicted octanol–water partition coefficient (Wildman–Crippen LogP) is 2.61. The molecule has 0 saturated heterocycles. The summed E-state index contributed by atoms with van der Waals surface area (Å²) in [6.45, 7) is 4.76. The number of rotatable bonds is 4. The van der Waals surface area contributed by atoms with Gasteiger partial charge in [0.2, 0.25) is 0 Å². The number of aromatic nitrogens is 2. The minimum Gasteiger partial charge on any atom is -0.378 e. The molecule has 0 aromatic carbocycles. The van der Waals surface area contributed by atoms with E-state index in [0.29, 0.717) is 0 Å². The maximum atomic E-state index is 10.6. The lowest BCUT2D eigenvalue weighted by atomic mass is 10.0. The lowest BCUT2D eigenvalue weighted by molar-refractivity contribution is 0.0953. The fourth-order valence-corrected chi connectivity index (χ4v) is 2.61. The highest BCUT2D eigenvalue weighted by Gasteiger charge is 2.30. The van der Waals surface area contributed by atoms with Crippen LogP contribution in [-0.2, 0) is 12.1 Å². The van der Waals surface area contributed by atoms with Gasteiger partial charge in [0, 0.05) is 17.6 Å². The molecule has 0 amide bonds. The van der Waals surface area contributed by atoms with Crippen LogP contribution < -0.4 is 0 Å². The average Bonchev–Trinajstić information content (AvgIpc) is 2.88. The van der Waals surface area contributed by atoms with Crippen LogP contribution in [0.25, 0.3) is 0 Å². The highest BCUT2D eigenvalue weighted by Crippen LogP contribution is 2.31. The van der Waals surface area contributed by atoms with Crippen LogP contribution in [-0.4, -0.2) is 14.9 Å². The molecule has 86 valence electrons. The SMILES string of the molecule is CCCn1nccc1C(C)(O)c1cccs1. The summed E-state index contributed by atoms with van der Waals surface area (Å²) in [6, 6.07) is 5.79. The van der Waals surface area contributed by atoms with Crippen LogP contribution in [0.3, 0.4) is 0 Å². The molecule has 1 unspecified atom stereocenters. The predicted molar refractivity (Wildman–Crippen MR) is 65.5 cm³/mol. The van der Waals surface area contributed by atoms with Gasteiger partial charge in [-0.15, -0.1) is 11.3 Å². The van der Waals surface area contributed by atoms with Crippen LogP contribution in [0, 0.1) is 0 Å². The van der Waals surface area contributed by atoms with Gasteiger partial charge in [-0.2, -0.15) is 5.10 Å². The van der Waals surface area contributed by atoms with E-state index in [-0.39, 0.29) is 0 Å². The van der Waals surface area contributed by atoms with Crippen molar-refractivity contribution in [1.82, 2.24) is 9.78 Å². The Morgan fingerprint density at radius 2 is 2.31 bits per heavy atom. The van der Waals surface area contributed by atoms with E-state index in [1.807, 2.05) is 35.2 Å². The zero-order valence-corrected chi connectivity index (χ0v) is 10.4. The van der Waals surface area contributed by atoms with E-state index in [9.17, 15) is 5.11 Å². The number of thiophene rings is 1. The van der Waals surface area contributed by atoms with Crippen molar-refractivity contribution in [3.63, 3.8) is 0 Å². The fourth-order valence-electron chi connectivity index (χ4n) is 1.82. The van der Waals surface area contributed by atoms with Gasteiger partial charge in [0.15, 0.2) is 0 Å². The van der Waals surface area contributed by atoms with Crippen LogP contribution in [0.1, 0.15) is 30.8 Å². The van der Waals surface area contributed by atoms with Crippen LogP contribution in [0.4, 0.5) is 0 Å². The third-order valence-electron chi connectivity index (χ3n) is 2.65. The van der Waals surface area contributed by atoms with Gasteiger partial charge in [-0.25, -0.2) is 0 Å². The quantitative estimate of drug-likeness (QED) is 0.886. The Labute approximate surface area is 99.4 Å². The molecule has 1 atom stereocenters. The molecule has 0 bridgehead atoms. The zero-order chi connectivity index (χ0) is 11.6. The first-order valence-electron chi connectivity index (χ1n) is 5.45. The minimum absolute atomic E-state index is 0.837. The van der Waals surface area contributed by atoms with Crippen LogP contribution in [0.2, 0.25) is 0 Å². The van der Waals surface area contributed by atoms with Crippen molar-refractivity contribution in [2.24, 2.45) is 0 Å². The second kappa shape index (κ2) is 4.39. The van der Waals surface area contributed by atoms with Gasteiger partial charge in [0.1, 0.15) is 5.60 Å². The largest absolute Gasteiger partial charge is 0.378 e. The van der Waals surface area contributed by atoms with Gasteiger partial charge in [-0.3, -0.25) is 4.68 Å². The average molecular weight is 236 g/mol. The number of aryl methyl sites for hydroxylation is 1. The lowest BCUT2D eigenvalue weighted by Gasteiger charge is -2.23. The molecule has 3 nitrogen and oxygen atoms in total. The van der Waals surface area contributed by atoms with Gasteiger partial charge in [0.25, 0.3) is 0 Å². The molecule has 0 spiro atoms. The third kappa shape index (κ3) is 1.90. The molecule has 0 saturated carbocycles. The van der Waals surface area contributed by atoms with Crippen LogP contribution in [0.15, 0.2) is 29.8 Å². The van der Waals surface area contributed by atoms with Gasteiger partial charge in [-0.05, 0) is 30.9 Å². The second-order valence-electron chi connectivity index (χ2n) is 3.99. The van der Waals surface area contributed by atoms with Crippen molar-refractivity contribution in [3.8, 4) is 0 Å². The van der Waals surface area contributed by atoms with Crippen LogP contribution in [0.5, 0.6) is 0 Å². The molecule has 1 N–H and O–H groups in total. The standard InChI is InChI=1S/C12H16N2OS/c1-3-8-14-10(6-7-13-14)12(2,15)11-5-4-9-16-11/h4-7,9,15H,3,8H2,1-2H3. The molecule has 0 radical (unpaired) electrons. The van der Waals surface area contributed by atoms with Crippen molar-refractivity contribution in [2.75, 3.05) is 0 Å². The lowest BCUT2D eigenvalue weighted by Crippen LogP contribution is -2.25. The first-order valence-corrected chi connectivity index (χ1v) is 6.33. The van der Waals surface area contributed by atoms with Crippen molar-refractivity contribution in [1.29, 1.82) is 0 Å². The van der Waals surface area contributed by atoms with Crippen molar-refractivity contribution >= 4 is 11.3 Å². The number of nitrogens with zero attached hydrogens (tertiary/aromatic N) is 2. The Kier molecular flexibility index (Phi) is 3.12. The molecule has 0 aliphatic carbocycles. The molecular weight excluding hydrogens is 220 g/mol. The first-order chi connectivity index (χ1) is 7.66. The Morgan fingerprint density at radius 3 is 2.94 bits per heavy atom. The molecule has 0 fully saturated rings. The van der Waals surface area contributed by atoms with Gasteiger partial charge in [0.05, 0.1) is 5.69 Å². The molecule has 0 aliphatic rings.